The minimum atomic E-state index is -2.37. The summed E-state index contributed by atoms with van der Waals surface area (Å²) in [6.07, 6.45) is 0.508. The quantitative estimate of drug-likeness (QED) is 0.213. The SMILES string of the molecule is C=C1C2=C(O)[C@]3(O)C(=O)C(C(C)=O)=C(O)C[C@@H]3C[C@@H]2Cc2c(-c3cc(CNCc4cccc(C)c4)ccc3OC)ccc(O)c21. The largest absolute Gasteiger partial charge is 0.511 e. The lowest BCUT2D eigenvalue weighted by molar-refractivity contribution is -0.144. The highest BCUT2D eigenvalue weighted by atomic mass is 16.5. The second kappa shape index (κ2) is 11.4. The second-order valence-electron chi connectivity index (χ2n) is 12.4. The Balaban J connectivity index is 1.38. The van der Waals surface area contributed by atoms with Gasteiger partial charge in [-0.05, 0) is 78.6 Å². The van der Waals surface area contributed by atoms with Crippen molar-refractivity contribution in [3.05, 3.63) is 112 Å². The van der Waals surface area contributed by atoms with Crippen LogP contribution in [0.5, 0.6) is 11.5 Å². The van der Waals surface area contributed by atoms with Gasteiger partial charge < -0.3 is 30.5 Å². The number of allylic oxidation sites excluding steroid dienone is 3. The summed E-state index contributed by atoms with van der Waals surface area (Å²) in [5.74, 6) is -3.22. The molecule has 0 aliphatic heterocycles. The minimum absolute atomic E-state index is 0.0431. The molecule has 5 N–H and O–H groups in total. The van der Waals surface area contributed by atoms with Crippen LogP contribution in [-0.2, 0) is 29.1 Å². The number of phenolic OH excluding ortho intramolecular Hbond substituents is 1. The van der Waals surface area contributed by atoms with E-state index in [1.807, 2.05) is 24.3 Å². The second-order valence-corrected chi connectivity index (χ2v) is 12.4. The van der Waals surface area contributed by atoms with Crippen molar-refractivity contribution in [1.29, 1.82) is 0 Å². The third kappa shape index (κ3) is 4.94. The van der Waals surface area contributed by atoms with Crippen molar-refractivity contribution in [2.45, 2.75) is 51.8 Å². The fraction of sp³-hybridized carbons (Fsp3) is 0.297. The van der Waals surface area contributed by atoms with Crippen LogP contribution >= 0.6 is 0 Å². The number of hydrogen-bond donors (Lipinski definition) is 5. The zero-order valence-corrected chi connectivity index (χ0v) is 25.6. The minimum Gasteiger partial charge on any atom is -0.511 e. The van der Waals surface area contributed by atoms with E-state index in [2.05, 4.69) is 43.1 Å². The van der Waals surface area contributed by atoms with Crippen molar-refractivity contribution in [2.24, 2.45) is 11.8 Å². The Kier molecular flexibility index (Phi) is 7.67. The number of fused-ring (bicyclic) bond motifs is 3. The van der Waals surface area contributed by atoms with Crippen LogP contribution in [0.3, 0.4) is 0 Å². The van der Waals surface area contributed by atoms with E-state index in [0.29, 0.717) is 36.4 Å². The van der Waals surface area contributed by atoms with Gasteiger partial charge in [-0.15, -0.1) is 0 Å². The summed E-state index contributed by atoms with van der Waals surface area (Å²) in [5, 5.41) is 48.3. The van der Waals surface area contributed by atoms with E-state index in [-0.39, 0.29) is 35.8 Å². The summed E-state index contributed by atoms with van der Waals surface area (Å²) in [5.41, 5.74) is 4.07. The number of hydrogen-bond acceptors (Lipinski definition) is 8. The van der Waals surface area contributed by atoms with Crippen molar-refractivity contribution in [1.82, 2.24) is 5.32 Å². The first-order valence-corrected chi connectivity index (χ1v) is 15.1. The molecule has 8 nitrogen and oxygen atoms in total. The number of Topliss-reactive ketones (excluding diaryl/α,β-unsaturated/α-hetero) is 2. The number of ketones is 2. The molecule has 0 radical (unpaired) electrons. The number of methoxy groups -OCH3 is 1. The van der Waals surface area contributed by atoms with Gasteiger partial charge >= 0.3 is 0 Å². The highest BCUT2D eigenvalue weighted by Gasteiger charge is 2.58. The number of benzene rings is 3. The number of carbonyl (C=O) groups excluding carboxylic acids is 2. The molecule has 232 valence electrons. The topological polar surface area (TPSA) is 136 Å². The zero-order valence-electron chi connectivity index (χ0n) is 25.6. The van der Waals surface area contributed by atoms with Gasteiger partial charge in [0.15, 0.2) is 11.4 Å². The van der Waals surface area contributed by atoms with Gasteiger partial charge in [-0.3, -0.25) is 9.59 Å². The number of aliphatic hydroxyl groups excluding tert-OH is 2. The molecular weight excluding hydrogens is 570 g/mol. The molecule has 0 aromatic heterocycles. The third-order valence-corrected chi connectivity index (χ3v) is 9.50. The Morgan fingerprint density at radius 3 is 2.44 bits per heavy atom. The molecule has 8 heteroatoms. The Bertz CT molecular complexity index is 1830. The molecule has 3 aliphatic rings. The van der Waals surface area contributed by atoms with Crippen LogP contribution in [0.15, 0.2) is 83.8 Å². The lowest BCUT2D eigenvalue weighted by atomic mass is 9.59. The fourth-order valence-corrected chi connectivity index (χ4v) is 7.41. The van der Waals surface area contributed by atoms with Crippen LogP contribution in [0.2, 0.25) is 0 Å². The lowest BCUT2D eigenvalue weighted by Gasteiger charge is -2.47. The summed E-state index contributed by atoms with van der Waals surface area (Å²) in [7, 11) is 1.61. The lowest BCUT2D eigenvalue weighted by Crippen LogP contribution is -2.56. The Morgan fingerprint density at radius 1 is 1.02 bits per heavy atom. The number of aromatic hydroxyl groups is 1. The first-order chi connectivity index (χ1) is 21.4. The number of aliphatic hydroxyl groups is 3. The zero-order chi connectivity index (χ0) is 32.2. The molecule has 3 aromatic rings. The van der Waals surface area contributed by atoms with Gasteiger partial charge in [-0.25, -0.2) is 0 Å². The van der Waals surface area contributed by atoms with Gasteiger partial charge in [-0.1, -0.05) is 48.5 Å². The molecule has 0 saturated carbocycles. The summed E-state index contributed by atoms with van der Waals surface area (Å²) < 4.78 is 5.76. The van der Waals surface area contributed by atoms with E-state index in [1.54, 1.807) is 13.2 Å². The molecule has 3 aromatic carbocycles. The molecule has 45 heavy (non-hydrogen) atoms. The van der Waals surface area contributed by atoms with Gasteiger partial charge in [0.2, 0.25) is 5.78 Å². The van der Waals surface area contributed by atoms with E-state index in [0.717, 1.165) is 29.2 Å². The summed E-state index contributed by atoms with van der Waals surface area (Å²) in [4.78, 5) is 25.5. The predicted molar refractivity (Wildman–Crippen MR) is 171 cm³/mol. The molecule has 6 rings (SSSR count). The fourth-order valence-electron chi connectivity index (χ4n) is 7.41. The average molecular weight is 608 g/mol. The number of phenols is 1. The maximum atomic E-state index is 13.4. The monoisotopic (exact) mass is 607 g/mol. The highest BCUT2D eigenvalue weighted by molar-refractivity contribution is 6.24. The molecular formula is C37H37NO7. The number of carbonyl (C=O) groups is 2. The van der Waals surface area contributed by atoms with Gasteiger partial charge in [0.05, 0.1) is 7.11 Å². The number of ether oxygens (including phenoxy) is 1. The normalized spacial score (nSPS) is 22.6. The molecule has 0 spiro atoms. The van der Waals surface area contributed by atoms with Crippen LogP contribution < -0.4 is 10.1 Å². The van der Waals surface area contributed by atoms with Crippen molar-refractivity contribution in [3.63, 3.8) is 0 Å². The van der Waals surface area contributed by atoms with Crippen LogP contribution in [0.4, 0.5) is 0 Å². The van der Waals surface area contributed by atoms with Crippen molar-refractivity contribution in [2.75, 3.05) is 7.11 Å². The maximum Gasteiger partial charge on any atom is 0.209 e. The number of rotatable bonds is 7. The number of aryl methyl sites for hydroxylation is 1. The van der Waals surface area contributed by atoms with Gasteiger partial charge in [0.25, 0.3) is 0 Å². The first-order valence-electron chi connectivity index (χ1n) is 15.1. The molecule has 3 aliphatic carbocycles. The van der Waals surface area contributed by atoms with E-state index in [1.165, 1.54) is 11.1 Å². The molecule has 0 fully saturated rings. The van der Waals surface area contributed by atoms with Crippen LogP contribution in [-0.4, -0.2) is 44.7 Å². The summed E-state index contributed by atoms with van der Waals surface area (Å²) in [6.45, 7) is 8.76. The molecule has 0 bridgehead atoms. The van der Waals surface area contributed by atoms with E-state index < -0.39 is 34.4 Å². The smallest absolute Gasteiger partial charge is 0.209 e. The third-order valence-electron chi connectivity index (χ3n) is 9.50. The molecule has 3 atom stereocenters. The van der Waals surface area contributed by atoms with Crippen molar-refractivity contribution >= 4 is 17.1 Å². The Labute approximate surface area is 262 Å². The van der Waals surface area contributed by atoms with Gasteiger partial charge in [-0.2, -0.15) is 0 Å². The van der Waals surface area contributed by atoms with E-state index >= 15 is 0 Å². The van der Waals surface area contributed by atoms with Gasteiger partial charge in [0.1, 0.15) is 28.6 Å². The molecule has 0 amide bonds. The standard InChI is InChI=1S/C37H37NO7/c1-19-6-5-7-22(12-19)17-38-18-23-8-11-31(45-4)27(13-23)26-9-10-29(40)33-20(2)32-24(15-28(26)33)14-25-16-30(41)34(21(3)39)36(43)37(25,44)35(32)42/h5-13,24-25,38,40-42,44H,2,14-18H2,1,3-4H3/t24-,25+,37+/m1/s1. The van der Waals surface area contributed by atoms with Crippen molar-refractivity contribution < 1.29 is 34.8 Å². The summed E-state index contributed by atoms with van der Waals surface area (Å²) in [6, 6.07) is 17.8. The van der Waals surface area contributed by atoms with E-state index in [4.69, 9.17) is 4.74 Å². The molecule has 0 saturated heterocycles. The Hall–Kier alpha value is -4.66. The average Bonchev–Trinajstić information content (AvgIpc) is 2.99. The predicted octanol–water partition coefficient (Wildman–Crippen LogP) is 5.79. The molecule has 0 unspecified atom stereocenters. The van der Waals surface area contributed by atoms with Crippen molar-refractivity contribution in [3.8, 4) is 22.6 Å². The van der Waals surface area contributed by atoms with Crippen LogP contribution in [0.1, 0.15) is 47.6 Å². The molecule has 0 heterocycles. The first kappa shape index (κ1) is 30.4. The number of nitrogens with one attached hydrogen (secondary N) is 1. The summed E-state index contributed by atoms with van der Waals surface area (Å²) >= 11 is 0. The van der Waals surface area contributed by atoms with Crippen LogP contribution in [0.25, 0.3) is 16.7 Å². The maximum absolute atomic E-state index is 13.4. The van der Waals surface area contributed by atoms with Crippen LogP contribution in [0, 0.1) is 18.8 Å². The van der Waals surface area contributed by atoms with E-state index in [9.17, 15) is 30.0 Å². The Morgan fingerprint density at radius 2 is 1.76 bits per heavy atom. The van der Waals surface area contributed by atoms with Gasteiger partial charge in [0, 0.05) is 42.1 Å². The highest BCUT2D eigenvalue weighted by Crippen LogP contribution is 2.56.